The predicted molar refractivity (Wildman–Crippen MR) is 115 cm³/mol. The van der Waals surface area contributed by atoms with E-state index in [4.69, 9.17) is 0 Å². The van der Waals surface area contributed by atoms with Crippen molar-refractivity contribution < 1.29 is 9.90 Å². The number of hydrogen-bond donors (Lipinski definition) is 2. The number of amides is 1. The molecular formula is C24H33N3O2. The third-order valence-electron chi connectivity index (χ3n) is 7.69. The van der Waals surface area contributed by atoms with Crippen LogP contribution in [0.1, 0.15) is 61.3 Å². The highest BCUT2D eigenvalue weighted by Gasteiger charge is 2.44. The van der Waals surface area contributed by atoms with E-state index < -0.39 is 0 Å². The van der Waals surface area contributed by atoms with Crippen molar-refractivity contribution >= 4 is 16.8 Å². The molecule has 0 bridgehead atoms. The van der Waals surface area contributed by atoms with Gasteiger partial charge in [-0.05, 0) is 62.3 Å². The van der Waals surface area contributed by atoms with Crippen LogP contribution in [0.15, 0.2) is 18.2 Å². The maximum atomic E-state index is 12.9. The maximum absolute atomic E-state index is 12.9. The summed E-state index contributed by atoms with van der Waals surface area (Å²) < 4.78 is 2.44. The Morgan fingerprint density at radius 1 is 1.31 bits per heavy atom. The molecule has 2 heterocycles. The molecule has 1 amide bonds. The molecule has 2 N–H and O–H groups in total. The lowest BCUT2D eigenvalue weighted by atomic mass is 9.71. The number of likely N-dealkylation sites (N-methyl/N-ethyl adjacent to an activating group) is 1. The van der Waals surface area contributed by atoms with Crippen molar-refractivity contribution in [3.8, 4) is 0 Å². The minimum absolute atomic E-state index is 0.00742. The first-order chi connectivity index (χ1) is 14.0. The molecule has 156 valence electrons. The Morgan fingerprint density at radius 3 is 2.79 bits per heavy atom. The fourth-order valence-electron chi connectivity index (χ4n) is 5.97. The molecule has 1 unspecified atom stereocenters. The van der Waals surface area contributed by atoms with Gasteiger partial charge in [-0.1, -0.05) is 19.1 Å². The number of carbonyl (C=O) groups excluding carboxylic acids is 1. The first-order valence-electron chi connectivity index (χ1n) is 11.2. The third-order valence-corrected chi connectivity index (χ3v) is 7.69. The number of nitrogens with one attached hydrogen (secondary N) is 1. The fraction of sp³-hybridized carbons (Fsp3) is 0.625. The number of likely N-dealkylation sites (tertiary alicyclic amines) is 1. The van der Waals surface area contributed by atoms with Crippen LogP contribution in [0.5, 0.6) is 0 Å². The molecule has 3 aliphatic rings. The van der Waals surface area contributed by atoms with Crippen molar-refractivity contribution in [2.75, 3.05) is 20.2 Å². The quantitative estimate of drug-likeness (QED) is 0.818. The molecule has 4 atom stereocenters. The van der Waals surface area contributed by atoms with Crippen molar-refractivity contribution in [3.05, 3.63) is 35.0 Å². The predicted octanol–water partition coefficient (Wildman–Crippen LogP) is 2.90. The molecule has 5 nitrogen and oxygen atoms in total. The molecule has 2 fully saturated rings. The average Bonchev–Trinajstić information content (AvgIpc) is 3.52. The monoisotopic (exact) mass is 395 g/mol. The van der Waals surface area contributed by atoms with Gasteiger partial charge < -0.3 is 19.9 Å². The van der Waals surface area contributed by atoms with Gasteiger partial charge in [-0.15, -0.1) is 0 Å². The first-order valence-corrected chi connectivity index (χ1v) is 11.2. The van der Waals surface area contributed by atoms with Gasteiger partial charge in [0, 0.05) is 42.1 Å². The van der Waals surface area contributed by atoms with Crippen LogP contribution in [0.2, 0.25) is 0 Å². The largest absolute Gasteiger partial charge is 0.394 e. The third kappa shape index (κ3) is 3.01. The second kappa shape index (κ2) is 7.13. The lowest BCUT2D eigenvalue weighted by Gasteiger charge is -2.45. The molecule has 2 aliphatic carbocycles. The Labute approximate surface area is 173 Å². The summed E-state index contributed by atoms with van der Waals surface area (Å²) in [7, 11) is 4.42. The molecule has 2 aromatic rings. The number of piperidine rings is 1. The number of nitrogens with zero attached hydrogens (tertiary/aromatic N) is 2. The van der Waals surface area contributed by atoms with Gasteiger partial charge in [-0.2, -0.15) is 0 Å². The summed E-state index contributed by atoms with van der Waals surface area (Å²) in [4.78, 5) is 15.4. The highest BCUT2D eigenvalue weighted by molar-refractivity contribution is 5.91. The summed E-state index contributed by atoms with van der Waals surface area (Å²) in [5.41, 5.74) is 5.93. The molecule has 5 rings (SSSR count). The maximum Gasteiger partial charge on any atom is 0.224 e. The summed E-state index contributed by atoms with van der Waals surface area (Å²) in [6.07, 6.45) is 5.40. The van der Waals surface area contributed by atoms with Gasteiger partial charge in [0.15, 0.2) is 0 Å². The lowest BCUT2D eigenvalue weighted by Crippen LogP contribution is -2.52. The summed E-state index contributed by atoms with van der Waals surface area (Å²) in [5, 5.41) is 14.0. The van der Waals surface area contributed by atoms with Crippen LogP contribution in [0.25, 0.3) is 10.9 Å². The molecule has 1 saturated heterocycles. The zero-order valence-corrected chi connectivity index (χ0v) is 17.8. The highest BCUT2D eigenvalue weighted by Crippen LogP contribution is 2.51. The minimum atomic E-state index is -0.137. The minimum Gasteiger partial charge on any atom is -0.394 e. The standard InChI is InChI=1S/C24H33N3O2/c1-4-16(13-28)25-24(29)15-10-18-17-6-5-7-20-22(17)19(11-21(18)26(2)12-15)23(27(20)3)14-8-9-14/h5-7,14-16,18,21,28H,4,8-13H2,1-3H3,(H,25,29)/t15-,16?,18-,21-/m1/s1. The summed E-state index contributed by atoms with van der Waals surface area (Å²) in [5.74, 6) is 1.21. The lowest BCUT2D eigenvalue weighted by molar-refractivity contribution is -0.128. The van der Waals surface area contributed by atoms with Gasteiger partial charge in [0.2, 0.25) is 5.91 Å². The Balaban J connectivity index is 1.51. The summed E-state index contributed by atoms with van der Waals surface area (Å²) in [6.45, 7) is 2.81. The average molecular weight is 396 g/mol. The number of fused-ring (bicyclic) bond motifs is 2. The Hall–Kier alpha value is -1.85. The zero-order valence-electron chi connectivity index (χ0n) is 17.8. The van der Waals surface area contributed by atoms with Gasteiger partial charge in [-0.3, -0.25) is 4.79 Å². The highest BCUT2D eigenvalue weighted by atomic mass is 16.3. The van der Waals surface area contributed by atoms with Gasteiger partial charge in [0.25, 0.3) is 0 Å². The van der Waals surface area contributed by atoms with Crippen LogP contribution in [-0.2, 0) is 18.3 Å². The Kier molecular flexibility index (Phi) is 4.71. The van der Waals surface area contributed by atoms with Crippen LogP contribution in [0, 0.1) is 5.92 Å². The van der Waals surface area contributed by atoms with Crippen molar-refractivity contribution in [1.29, 1.82) is 0 Å². The fourth-order valence-corrected chi connectivity index (χ4v) is 5.97. The molecular weight excluding hydrogens is 362 g/mol. The zero-order chi connectivity index (χ0) is 20.3. The van der Waals surface area contributed by atoms with Crippen LogP contribution >= 0.6 is 0 Å². The number of hydrogen-bond acceptors (Lipinski definition) is 3. The van der Waals surface area contributed by atoms with E-state index in [9.17, 15) is 9.90 Å². The van der Waals surface area contributed by atoms with Crippen LogP contribution in [0.3, 0.4) is 0 Å². The van der Waals surface area contributed by atoms with E-state index in [-0.39, 0.29) is 24.5 Å². The smallest absolute Gasteiger partial charge is 0.224 e. The normalized spacial score (nSPS) is 27.7. The number of aryl methyl sites for hydroxylation is 1. The van der Waals surface area contributed by atoms with Crippen LogP contribution < -0.4 is 5.32 Å². The number of benzene rings is 1. The molecule has 0 spiro atoms. The Morgan fingerprint density at radius 2 is 2.10 bits per heavy atom. The number of aromatic nitrogens is 1. The molecule has 1 aliphatic heterocycles. The van der Waals surface area contributed by atoms with Crippen molar-refractivity contribution in [3.63, 3.8) is 0 Å². The van der Waals surface area contributed by atoms with E-state index in [1.165, 1.54) is 29.3 Å². The molecule has 5 heteroatoms. The second-order valence-corrected chi connectivity index (χ2v) is 9.48. The molecule has 1 aromatic carbocycles. The SMILES string of the molecule is CCC(CO)NC(=O)[C@@H]1C[C@@H]2c3cccc4c3c(c(C3CC3)n4C)C[C@H]2N(C)C1. The summed E-state index contributed by atoms with van der Waals surface area (Å²) in [6, 6.07) is 7.09. The van der Waals surface area contributed by atoms with E-state index in [2.05, 4.69) is 47.1 Å². The second-order valence-electron chi connectivity index (χ2n) is 9.48. The number of aliphatic hydroxyl groups is 1. The Bertz CT molecular complexity index is 941. The van der Waals surface area contributed by atoms with E-state index in [1.807, 2.05) is 6.92 Å². The number of aliphatic hydroxyl groups excluding tert-OH is 1. The van der Waals surface area contributed by atoms with Gasteiger partial charge >= 0.3 is 0 Å². The molecule has 29 heavy (non-hydrogen) atoms. The number of carbonyl (C=O) groups is 1. The van der Waals surface area contributed by atoms with E-state index in [0.29, 0.717) is 12.0 Å². The van der Waals surface area contributed by atoms with Crippen molar-refractivity contribution in [2.24, 2.45) is 13.0 Å². The number of rotatable bonds is 5. The molecule has 1 saturated carbocycles. The van der Waals surface area contributed by atoms with E-state index in [0.717, 1.165) is 31.7 Å². The van der Waals surface area contributed by atoms with E-state index >= 15 is 0 Å². The summed E-state index contributed by atoms with van der Waals surface area (Å²) >= 11 is 0. The van der Waals surface area contributed by atoms with Crippen molar-refractivity contribution in [1.82, 2.24) is 14.8 Å². The van der Waals surface area contributed by atoms with Crippen LogP contribution in [0.4, 0.5) is 0 Å². The van der Waals surface area contributed by atoms with Gasteiger partial charge in [-0.25, -0.2) is 0 Å². The topological polar surface area (TPSA) is 57.5 Å². The van der Waals surface area contributed by atoms with Crippen molar-refractivity contribution in [2.45, 2.75) is 62.9 Å². The first kappa shape index (κ1) is 19.1. The van der Waals surface area contributed by atoms with Gasteiger partial charge in [0.05, 0.1) is 18.6 Å². The van der Waals surface area contributed by atoms with Gasteiger partial charge in [0.1, 0.15) is 0 Å². The molecule has 0 radical (unpaired) electrons. The van der Waals surface area contributed by atoms with E-state index in [1.54, 1.807) is 11.3 Å². The molecule has 1 aromatic heterocycles. The van der Waals surface area contributed by atoms with Crippen LogP contribution in [-0.4, -0.2) is 52.8 Å².